The van der Waals surface area contributed by atoms with Crippen molar-refractivity contribution in [3.63, 3.8) is 0 Å². The molecular formula is C21H23FN2O2S. The zero-order chi connectivity index (χ0) is 19.0. The summed E-state index contributed by atoms with van der Waals surface area (Å²) in [4.78, 5) is 17.4. The summed E-state index contributed by atoms with van der Waals surface area (Å²) in [7, 11) is 1.59. The molecular weight excluding hydrogens is 363 g/mol. The number of anilines is 1. The number of benzene rings is 2. The van der Waals surface area contributed by atoms with Gasteiger partial charge in [-0.3, -0.25) is 4.79 Å². The predicted molar refractivity (Wildman–Crippen MR) is 109 cm³/mol. The molecule has 1 aromatic heterocycles. The summed E-state index contributed by atoms with van der Waals surface area (Å²) in [6, 6.07) is 10.8. The topological polar surface area (TPSA) is 51.2 Å². The summed E-state index contributed by atoms with van der Waals surface area (Å²) in [5.74, 6) is 0.422. The largest absolute Gasteiger partial charge is 0.496 e. The van der Waals surface area contributed by atoms with Gasteiger partial charge in [-0.15, -0.1) is 0 Å². The Kier molecular flexibility index (Phi) is 4.83. The number of hydrogen-bond acceptors (Lipinski definition) is 5. The zero-order valence-corrected chi connectivity index (χ0v) is 16.1. The Balaban J connectivity index is 0.00000225. The van der Waals surface area contributed by atoms with Crippen molar-refractivity contribution in [3.05, 3.63) is 53.3 Å². The third kappa shape index (κ3) is 3.54. The van der Waals surface area contributed by atoms with Crippen molar-refractivity contribution in [1.82, 2.24) is 4.98 Å². The molecule has 1 aliphatic rings. The molecule has 1 N–H and O–H groups in total. The fourth-order valence-electron chi connectivity index (χ4n) is 3.74. The highest BCUT2D eigenvalue weighted by Crippen LogP contribution is 2.35. The van der Waals surface area contributed by atoms with E-state index in [2.05, 4.69) is 10.3 Å². The third-order valence-electron chi connectivity index (χ3n) is 5.12. The van der Waals surface area contributed by atoms with E-state index in [1.165, 1.54) is 17.4 Å². The van der Waals surface area contributed by atoms with E-state index in [1.54, 1.807) is 13.2 Å². The van der Waals surface area contributed by atoms with Crippen molar-refractivity contribution in [2.75, 3.05) is 12.4 Å². The zero-order valence-electron chi connectivity index (χ0n) is 15.3. The molecule has 0 amide bonds. The number of Topliss-reactive ketones (excluding diaryl/α,β-unsaturated/α-hetero) is 1. The van der Waals surface area contributed by atoms with Crippen molar-refractivity contribution >= 4 is 32.5 Å². The van der Waals surface area contributed by atoms with E-state index in [0.29, 0.717) is 22.0 Å². The predicted octanol–water partition coefficient (Wildman–Crippen LogP) is 5.46. The van der Waals surface area contributed by atoms with Crippen LogP contribution in [-0.4, -0.2) is 23.9 Å². The average molecular weight is 386 g/mol. The van der Waals surface area contributed by atoms with Crippen LogP contribution >= 0.6 is 11.3 Å². The van der Waals surface area contributed by atoms with E-state index in [1.807, 2.05) is 31.2 Å². The van der Waals surface area contributed by atoms with Crippen molar-refractivity contribution in [1.29, 1.82) is 0 Å². The highest BCUT2D eigenvalue weighted by Gasteiger charge is 2.32. The van der Waals surface area contributed by atoms with Crippen molar-refractivity contribution in [2.24, 2.45) is 5.92 Å². The van der Waals surface area contributed by atoms with Crippen LogP contribution in [0.3, 0.4) is 0 Å². The Labute approximate surface area is 162 Å². The van der Waals surface area contributed by atoms with Crippen LogP contribution in [0.25, 0.3) is 10.2 Å². The maximum Gasteiger partial charge on any atom is 0.184 e. The first-order chi connectivity index (χ1) is 13.0. The van der Waals surface area contributed by atoms with Gasteiger partial charge < -0.3 is 10.1 Å². The number of fused-ring (bicyclic) bond motifs is 1. The minimum atomic E-state index is -0.303. The lowest BCUT2D eigenvalue weighted by Gasteiger charge is -2.14. The Morgan fingerprint density at radius 3 is 2.96 bits per heavy atom. The van der Waals surface area contributed by atoms with Gasteiger partial charge in [0.05, 0.1) is 17.4 Å². The number of rotatable bonds is 5. The summed E-state index contributed by atoms with van der Waals surface area (Å²) in [6.07, 6.45) is 2.46. The molecule has 3 aromatic rings. The summed E-state index contributed by atoms with van der Waals surface area (Å²) in [5.41, 5.74) is 2.11. The van der Waals surface area contributed by atoms with E-state index < -0.39 is 0 Å². The molecule has 0 radical (unpaired) electrons. The number of carbonyl (C=O) groups excluding carboxylic acids is 1. The molecule has 2 aromatic carbocycles. The van der Waals surface area contributed by atoms with Crippen LogP contribution in [0.1, 0.15) is 36.6 Å². The molecule has 0 saturated heterocycles. The molecule has 27 heavy (non-hydrogen) atoms. The van der Waals surface area contributed by atoms with Gasteiger partial charge in [0.15, 0.2) is 10.9 Å². The van der Waals surface area contributed by atoms with Crippen LogP contribution in [0, 0.1) is 18.7 Å². The number of carbonyl (C=O) groups is 1. The molecule has 0 aliphatic heterocycles. The van der Waals surface area contributed by atoms with Gasteiger partial charge in [0, 0.05) is 13.4 Å². The number of ether oxygens (including phenoxy) is 1. The molecule has 142 valence electrons. The summed E-state index contributed by atoms with van der Waals surface area (Å²) >= 11 is 1.45. The van der Waals surface area contributed by atoms with Gasteiger partial charge in [-0.25, -0.2) is 9.37 Å². The molecule has 4 nitrogen and oxygen atoms in total. The van der Waals surface area contributed by atoms with E-state index in [0.717, 1.165) is 29.5 Å². The normalized spacial score (nSPS) is 19.4. The van der Waals surface area contributed by atoms with Gasteiger partial charge in [-0.2, -0.15) is 0 Å². The first-order valence-corrected chi connectivity index (χ1v) is 9.87. The first-order valence-electron chi connectivity index (χ1n) is 9.05. The van der Waals surface area contributed by atoms with Gasteiger partial charge in [-0.05, 0) is 50.5 Å². The summed E-state index contributed by atoms with van der Waals surface area (Å²) in [5, 5.41) is 4.10. The number of thiazole rings is 1. The summed E-state index contributed by atoms with van der Waals surface area (Å²) in [6.45, 7) is 1.97. The monoisotopic (exact) mass is 386 g/mol. The molecule has 2 atom stereocenters. The molecule has 1 heterocycles. The van der Waals surface area contributed by atoms with E-state index in [4.69, 9.17) is 4.74 Å². The molecule has 1 saturated carbocycles. The van der Waals surface area contributed by atoms with Crippen molar-refractivity contribution < 1.29 is 15.3 Å². The average Bonchev–Trinajstić information content (AvgIpc) is 3.29. The minimum Gasteiger partial charge on any atom is -0.496 e. The van der Waals surface area contributed by atoms with Crippen molar-refractivity contribution in [2.45, 2.75) is 32.2 Å². The molecule has 6 heteroatoms. The fourth-order valence-corrected chi connectivity index (χ4v) is 4.69. The molecule has 0 bridgehead atoms. The van der Waals surface area contributed by atoms with Crippen LogP contribution in [0.15, 0.2) is 36.4 Å². The third-order valence-corrected chi connectivity index (χ3v) is 6.07. The molecule has 0 spiro atoms. The Hall–Kier alpha value is -2.47. The molecule has 1 fully saturated rings. The number of hydrogen-bond donors (Lipinski definition) is 1. The van der Waals surface area contributed by atoms with Gasteiger partial charge in [0.2, 0.25) is 0 Å². The lowest BCUT2D eigenvalue weighted by Crippen LogP contribution is -2.18. The van der Waals surface area contributed by atoms with Crippen LogP contribution in [0.4, 0.5) is 9.52 Å². The maximum absolute atomic E-state index is 13.8. The van der Waals surface area contributed by atoms with E-state index in [-0.39, 0.29) is 25.0 Å². The van der Waals surface area contributed by atoms with Crippen LogP contribution in [0.5, 0.6) is 5.75 Å². The SMILES string of the molecule is COc1ccc(C)cc1C(=O)C1CC[C@@H](Nc2nc3c(F)cccc3s2)C1.[HH]. The number of methoxy groups -OCH3 is 1. The molecule has 1 aliphatic carbocycles. The van der Waals surface area contributed by atoms with Gasteiger partial charge in [-0.1, -0.05) is 29.0 Å². The van der Waals surface area contributed by atoms with Crippen molar-refractivity contribution in [3.8, 4) is 5.75 Å². The standard InChI is InChI=1S/C21H21FN2O2S.H2/c1-12-6-9-17(26-2)15(10-12)20(25)13-7-8-14(11-13)23-21-24-19-16(22)4-3-5-18(19)27-21;/h3-6,9-10,13-14H,7-8,11H2,1-2H3,(H,23,24);1H/t13?,14-;/m1./s1. The van der Waals surface area contributed by atoms with E-state index >= 15 is 0 Å². The number of aromatic nitrogens is 1. The van der Waals surface area contributed by atoms with Crippen LogP contribution in [-0.2, 0) is 0 Å². The quantitative estimate of drug-likeness (QED) is 0.592. The van der Waals surface area contributed by atoms with Gasteiger partial charge >= 0.3 is 0 Å². The van der Waals surface area contributed by atoms with Gasteiger partial charge in [0.1, 0.15) is 17.1 Å². The Bertz CT molecular complexity index is 1010. The maximum atomic E-state index is 13.8. The van der Waals surface area contributed by atoms with E-state index in [9.17, 15) is 9.18 Å². The highest BCUT2D eigenvalue weighted by molar-refractivity contribution is 7.22. The second kappa shape index (κ2) is 7.27. The molecule has 4 rings (SSSR count). The number of aryl methyl sites for hydroxylation is 1. The minimum absolute atomic E-state index is 0. The number of para-hydroxylation sites is 1. The first kappa shape index (κ1) is 17.9. The highest BCUT2D eigenvalue weighted by atomic mass is 32.1. The number of ketones is 1. The summed E-state index contributed by atoms with van der Waals surface area (Å²) < 4.78 is 20.0. The van der Waals surface area contributed by atoms with Gasteiger partial charge in [0.25, 0.3) is 0 Å². The number of nitrogens with one attached hydrogen (secondary N) is 1. The van der Waals surface area contributed by atoms with Crippen LogP contribution in [0.2, 0.25) is 0 Å². The molecule has 1 unspecified atom stereocenters. The van der Waals surface area contributed by atoms with Crippen LogP contribution < -0.4 is 10.1 Å². The number of nitrogens with zero attached hydrogens (tertiary/aromatic N) is 1. The lowest BCUT2D eigenvalue weighted by molar-refractivity contribution is 0.0919. The Morgan fingerprint density at radius 2 is 2.19 bits per heavy atom. The fraction of sp³-hybridized carbons (Fsp3) is 0.333. The smallest absolute Gasteiger partial charge is 0.184 e. The second-order valence-corrected chi connectivity index (χ2v) is 8.06. The lowest BCUT2D eigenvalue weighted by atomic mass is 9.94. The number of halogens is 1. The Morgan fingerprint density at radius 1 is 1.33 bits per heavy atom. The second-order valence-electron chi connectivity index (χ2n) is 7.02.